The number of piperidine rings is 1. The third kappa shape index (κ3) is 4.37. The van der Waals surface area contributed by atoms with Crippen LogP contribution in [0.5, 0.6) is 0 Å². The largest absolute Gasteiger partial charge is 0.381 e. The van der Waals surface area contributed by atoms with Crippen molar-refractivity contribution in [3.05, 3.63) is 0 Å². The molecule has 0 aromatic rings. The van der Waals surface area contributed by atoms with Crippen molar-refractivity contribution >= 4 is 0 Å². The molecular formula is C12H24N2O2. The lowest BCUT2D eigenvalue weighted by Gasteiger charge is -2.23. The molecule has 1 unspecified atom stereocenters. The van der Waals surface area contributed by atoms with E-state index in [9.17, 15) is 0 Å². The van der Waals surface area contributed by atoms with Crippen molar-refractivity contribution in [3.63, 3.8) is 0 Å². The van der Waals surface area contributed by atoms with E-state index in [0.29, 0.717) is 6.10 Å². The molecule has 2 rings (SSSR count). The molecule has 0 radical (unpaired) electrons. The van der Waals surface area contributed by atoms with E-state index >= 15 is 0 Å². The zero-order chi connectivity index (χ0) is 11.1. The van der Waals surface area contributed by atoms with Crippen LogP contribution in [-0.4, -0.2) is 52.1 Å². The van der Waals surface area contributed by atoms with Gasteiger partial charge in [0.25, 0.3) is 0 Å². The van der Waals surface area contributed by atoms with Crippen molar-refractivity contribution in [1.29, 1.82) is 0 Å². The summed E-state index contributed by atoms with van der Waals surface area (Å²) >= 11 is 0. The minimum absolute atomic E-state index is 0.484. The predicted molar refractivity (Wildman–Crippen MR) is 63.6 cm³/mol. The molecule has 4 nitrogen and oxygen atoms in total. The van der Waals surface area contributed by atoms with Crippen LogP contribution < -0.4 is 10.6 Å². The Hall–Kier alpha value is -0.160. The number of ether oxygens (including phenoxy) is 2. The van der Waals surface area contributed by atoms with E-state index < -0.39 is 0 Å². The molecule has 16 heavy (non-hydrogen) atoms. The van der Waals surface area contributed by atoms with Crippen molar-refractivity contribution < 1.29 is 9.47 Å². The molecule has 0 aromatic carbocycles. The summed E-state index contributed by atoms with van der Waals surface area (Å²) in [5.74, 6) is 0.721. The van der Waals surface area contributed by atoms with E-state index in [1.165, 1.54) is 6.42 Å². The van der Waals surface area contributed by atoms with Crippen LogP contribution >= 0.6 is 0 Å². The monoisotopic (exact) mass is 228 g/mol. The van der Waals surface area contributed by atoms with Crippen LogP contribution in [0, 0.1) is 5.92 Å². The quantitative estimate of drug-likeness (QED) is 0.645. The van der Waals surface area contributed by atoms with Crippen molar-refractivity contribution in [2.24, 2.45) is 5.92 Å². The van der Waals surface area contributed by atoms with Crippen molar-refractivity contribution in [1.82, 2.24) is 10.6 Å². The first-order valence-corrected chi connectivity index (χ1v) is 6.56. The van der Waals surface area contributed by atoms with Gasteiger partial charge in [0, 0.05) is 19.7 Å². The summed E-state index contributed by atoms with van der Waals surface area (Å²) in [4.78, 5) is 0. The molecule has 0 spiro atoms. The molecule has 2 heterocycles. The molecule has 2 N–H and O–H groups in total. The smallest absolute Gasteiger partial charge is 0.0600 e. The lowest BCUT2D eigenvalue weighted by Crippen LogP contribution is -2.34. The summed E-state index contributed by atoms with van der Waals surface area (Å²) in [6.45, 7) is 6.99. The Labute approximate surface area is 98.1 Å². The van der Waals surface area contributed by atoms with Crippen LogP contribution in [0.2, 0.25) is 0 Å². The van der Waals surface area contributed by atoms with Gasteiger partial charge in [-0.2, -0.15) is 0 Å². The highest BCUT2D eigenvalue weighted by Crippen LogP contribution is 2.10. The van der Waals surface area contributed by atoms with Crippen molar-refractivity contribution in [2.45, 2.75) is 25.4 Å². The van der Waals surface area contributed by atoms with E-state index in [-0.39, 0.29) is 0 Å². The van der Waals surface area contributed by atoms with Crippen LogP contribution in [-0.2, 0) is 9.47 Å². The molecule has 2 aliphatic heterocycles. The highest BCUT2D eigenvalue weighted by Gasteiger charge is 2.15. The Morgan fingerprint density at radius 3 is 2.88 bits per heavy atom. The first-order valence-electron chi connectivity index (χ1n) is 6.56. The Balaban J connectivity index is 1.42. The van der Waals surface area contributed by atoms with Gasteiger partial charge in [0.05, 0.1) is 19.3 Å². The van der Waals surface area contributed by atoms with E-state index in [0.717, 1.165) is 64.8 Å². The Morgan fingerprint density at radius 1 is 1.25 bits per heavy atom. The lowest BCUT2D eigenvalue weighted by molar-refractivity contribution is 0.0345. The van der Waals surface area contributed by atoms with E-state index in [1.54, 1.807) is 0 Å². The third-order valence-corrected chi connectivity index (χ3v) is 3.38. The molecule has 0 bridgehead atoms. The topological polar surface area (TPSA) is 42.5 Å². The van der Waals surface area contributed by atoms with Gasteiger partial charge in [-0.25, -0.2) is 0 Å². The highest BCUT2D eigenvalue weighted by molar-refractivity contribution is 4.69. The lowest BCUT2D eigenvalue weighted by atomic mass is 10.1. The molecule has 4 heteroatoms. The summed E-state index contributed by atoms with van der Waals surface area (Å²) in [5.41, 5.74) is 0. The molecule has 2 aliphatic rings. The van der Waals surface area contributed by atoms with Gasteiger partial charge in [0.2, 0.25) is 0 Å². The van der Waals surface area contributed by atoms with E-state index in [1.807, 2.05) is 0 Å². The summed E-state index contributed by atoms with van der Waals surface area (Å²) in [5, 5.41) is 6.79. The summed E-state index contributed by atoms with van der Waals surface area (Å²) in [6, 6.07) is 0. The Morgan fingerprint density at radius 2 is 2.12 bits per heavy atom. The predicted octanol–water partition coefficient (Wildman–Crippen LogP) is 0.381. The van der Waals surface area contributed by atoms with Gasteiger partial charge in [-0.3, -0.25) is 0 Å². The van der Waals surface area contributed by atoms with Gasteiger partial charge in [-0.15, -0.1) is 0 Å². The molecule has 1 atom stereocenters. The Bertz CT molecular complexity index is 178. The maximum absolute atomic E-state index is 5.81. The summed E-state index contributed by atoms with van der Waals surface area (Å²) in [6.07, 6.45) is 4.02. The minimum Gasteiger partial charge on any atom is -0.381 e. The molecule has 0 aromatic heterocycles. The fourth-order valence-electron chi connectivity index (χ4n) is 2.31. The highest BCUT2D eigenvalue weighted by atomic mass is 16.5. The second-order valence-electron chi connectivity index (χ2n) is 4.75. The number of hydrogen-bond donors (Lipinski definition) is 2. The Kier molecular flexibility index (Phi) is 5.55. The number of hydrogen-bond acceptors (Lipinski definition) is 4. The van der Waals surface area contributed by atoms with Gasteiger partial charge in [-0.05, 0) is 38.3 Å². The van der Waals surface area contributed by atoms with Crippen molar-refractivity contribution in [3.8, 4) is 0 Å². The third-order valence-electron chi connectivity index (χ3n) is 3.38. The van der Waals surface area contributed by atoms with Gasteiger partial charge in [0.1, 0.15) is 0 Å². The maximum Gasteiger partial charge on any atom is 0.0600 e. The second kappa shape index (κ2) is 7.22. The van der Waals surface area contributed by atoms with Crippen LogP contribution in [0.15, 0.2) is 0 Å². The standard InChI is InChI=1S/C12H24N2O2/c1-4-13-5-2-12(1)16-8-6-14-9-11-3-7-15-10-11/h11-14H,1-10H2. The van der Waals surface area contributed by atoms with Crippen LogP contribution in [0.4, 0.5) is 0 Å². The van der Waals surface area contributed by atoms with E-state index in [2.05, 4.69) is 10.6 Å². The fraction of sp³-hybridized carbons (Fsp3) is 1.00. The van der Waals surface area contributed by atoms with Gasteiger partial charge >= 0.3 is 0 Å². The fourth-order valence-corrected chi connectivity index (χ4v) is 2.31. The minimum atomic E-state index is 0.484. The van der Waals surface area contributed by atoms with Crippen LogP contribution in [0.25, 0.3) is 0 Å². The van der Waals surface area contributed by atoms with Crippen molar-refractivity contribution in [2.75, 3.05) is 46.0 Å². The van der Waals surface area contributed by atoms with Gasteiger partial charge in [-0.1, -0.05) is 0 Å². The average Bonchev–Trinajstić information content (AvgIpc) is 2.83. The normalized spacial score (nSPS) is 27.4. The maximum atomic E-state index is 5.81. The van der Waals surface area contributed by atoms with Crippen LogP contribution in [0.3, 0.4) is 0 Å². The molecule has 2 fully saturated rings. The molecule has 0 aliphatic carbocycles. The first kappa shape index (κ1) is 12.3. The molecular weight excluding hydrogens is 204 g/mol. The van der Waals surface area contributed by atoms with Crippen LogP contribution in [0.1, 0.15) is 19.3 Å². The SMILES string of the molecule is C1CC(OCCNCC2CCOC2)CCN1. The zero-order valence-electron chi connectivity index (χ0n) is 10.0. The first-order chi connectivity index (χ1) is 7.95. The number of rotatable bonds is 6. The molecule has 94 valence electrons. The second-order valence-corrected chi connectivity index (χ2v) is 4.75. The molecule has 2 saturated heterocycles. The molecule has 0 saturated carbocycles. The molecule has 0 amide bonds. The average molecular weight is 228 g/mol. The van der Waals surface area contributed by atoms with Gasteiger partial charge < -0.3 is 20.1 Å². The summed E-state index contributed by atoms with van der Waals surface area (Å²) in [7, 11) is 0. The van der Waals surface area contributed by atoms with E-state index in [4.69, 9.17) is 9.47 Å². The zero-order valence-corrected chi connectivity index (χ0v) is 10.0. The van der Waals surface area contributed by atoms with Gasteiger partial charge in [0.15, 0.2) is 0 Å². The number of nitrogens with one attached hydrogen (secondary N) is 2. The summed E-state index contributed by atoms with van der Waals surface area (Å²) < 4.78 is 11.1.